The first-order chi connectivity index (χ1) is 7.43. The van der Waals surface area contributed by atoms with E-state index in [1.165, 1.54) is 12.8 Å². The minimum Gasteiger partial charge on any atom is -0.677 e. The number of carbonyl (C=O) groups is 1. The highest BCUT2D eigenvalue weighted by molar-refractivity contribution is 5.76. The van der Waals surface area contributed by atoms with Crippen LogP contribution in [0.2, 0.25) is 0 Å². The maximum atomic E-state index is 11.4. The number of hydrogen-bond acceptors (Lipinski definition) is 1. The third kappa shape index (κ3) is 4.12. The lowest BCUT2D eigenvalue weighted by Crippen LogP contribution is -2.39. The third-order valence-electron chi connectivity index (χ3n) is 3.67. The summed E-state index contributed by atoms with van der Waals surface area (Å²) in [5, 5.41) is 3.03. The lowest BCUT2D eigenvalue weighted by Gasteiger charge is -2.37. The van der Waals surface area contributed by atoms with Crippen molar-refractivity contribution in [3.63, 3.8) is 0 Å². The fourth-order valence-electron chi connectivity index (χ4n) is 2.52. The zero-order valence-corrected chi connectivity index (χ0v) is 10.8. The molecule has 1 fully saturated rings. The Bertz CT molecular complexity index is 225. The van der Waals surface area contributed by atoms with Crippen LogP contribution in [0.5, 0.6) is 0 Å². The highest BCUT2D eigenvalue weighted by atomic mass is 16.1. The summed E-state index contributed by atoms with van der Waals surface area (Å²) in [7, 11) is 0. The Kier molecular flexibility index (Phi) is 4.78. The topological polar surface area (TPSA) is 52.9 Å². The Morgan fingerprint density at radius 1 is 1.25 bits per heavy atom. The van der Waals surface area contributed by atoms with E-state index in [1.807, 2.05) is 0 Å². The molecule has 0 aliphatic heterocycles. The third-order valence-corrected chi connectivity index (χ3v) is 3.67. The molecule has 1 aliphatic rings. The van der Waals surface area contributed by atoms with Gasteiger partial charge in [0.25, 0.3) is 0 Å². The fraction of sp³-hybridized carbons (Fsp3) is 0.923. The molecule has 0 atom stereocenters. The number of nitrogens with one attached hydrogen (secondary N) is 2. The fourth-order valence-corrected chi connectivity index (χ4v) is 2.52. The monoisotopic (exact) mass is 225 g/mol. The van der Waals surface area contributed by atoms with Crippen molar-refractivity contribution in [2.24, 2.45) is 11.3 Å². The largest absolute Gasteiger partial charge is 0.677 e. The number of rotatable bonds is 3. The second-order valence-electron chi connectivity index (χ2n) is 5.98. The summed E-state index contributed by atoms with van der Waals surface area (Å²) >= 11 is 0. The SMILES string of the molecule is CC(C)(C)C1CCC(NC(=O)CC[NH-])CC1. The second-order valence-corrected chi connectivity index (χ2v) is 5.98. The van der Waals surface area contributed by atoms with Crippen LogP contribution in [0.3, 0.4) is 0 Å². The van der Waals surface area contributed by atoms with Gasteiger partial charge in [-0.1, -0.05) is 20.8 Å². The molecule has 1 aliphatic carbocycles. The summed E-state index contributed by atoms with van der Waals surface area (Å²) in [5.41, 5.74) is 7.40. The molecule has 0 saturated heterocycles. The first-order valence-electron chi connectivity index (χ1n) is 6.37. The van der Waals surface area contributed by atoms with Crippen LogP contribution in [-0.2, 0) is 4.79 Å². The molecular weight excluding hydrogens is 200 g/mol. The Hall–Kier alpha value is -0.570. The molecular formula is C13H25N2O-. The highest BCUT2D eigenvalue weighted by Crippen LogP contribution is 2.37. The maximum absolute atomic E-state index is 11.4. The van der Waals surface area contributed by atoms with E-state index in [0.29, 0.717) is 17.9 Å². The molecule has 0 bridgehead atoms. The zero-order chi connectivity index (χ0) is 12.2. The number of amides is 1. The zero-order valence-electron chi connectivity index (χ0n) is 10.8. The van der Waals surface area contributed by atoms with Crippen LogP contribution in [0.25, 0.3) is 5.73 Å². The molecule has 0 aromatic heterocycles. The molecule has 2 N–H and O–H groups in total. The van der Waals surface area contributed by atoms with Crippen molar-refractivity contribution < 1.29 is 4.79 Å². The average Bonchev–Trinajstić information content (AvgIpc) is 2.17. The van der Waals surface area contributed by atoms with Gasteiger partial charge in [-0.05, 0) is 37.0 Å². The quantitative estimate of drug-likeness (QED) is 0.788. The van der Waals surface area contributed by atoms with Crippen LogP contribution in [0.1, 0.15) is 52.9 Å². The Morgan fingerprint density at radius 2 is 1.81 bits per heavy atom. The van der Waals surface area contributed by atoms with Gasteiger partial charge in [-0.25, -0.2) is 0 Å². The van der Waals surface area contributed by atoms with E-state index in [4.69, 9.17) is 5.73 Å². The number of hydrogen-bond donors (Lipinski definition) is 1. The van der Waals surface area contributed by atoms with Gasteiger partial charge in [-0.2, -0.15) is 0 Å². The maximum Gasteiger partial charge on any atom is 0.218 e. The van der Waals surface area contributed by atoms with Crippen molar-refractivity contribution in [2.75, 3.05) is 6.54 Å². The van der Waals surface area contributed by atoms with Gasteiger partial charge in [0.05, 0.1) is 0 Å². The lowest BCUT2D eigenvalue weighted by molar-refractivity contribution is -0.121. The van der Waals surface area contributed by atoms with Gasteiger partial charge >= 0.3 is 0 Å². The van der Waals surface area contributed by atoms with Gasteiger partial charge in [-0.3, -0.25) is 4.79 Å². The average molecular weight is 225 g/mol. The number of carbonyl (C=O) groups excluding carboxylic acids is 1. The molecule has 1 rings (SSSR count). The molecule has 16 heavy (non-hydrogen) atoms. The predicted molar refractivity (Wildman–Crippen MR) is 67.1 cm³/mol. The molecule has 0 heterocycles. The van der Waals surface area contributed by atoms with Crippen LogP contribution in [0.15, 0.2) is 0 Å². The van der Waals surface area contributed by atoms with Crippen molar-refractivity contribution in [3.8, 4) is 0 Å². The van der Waals surface area contributed by atoms with Crippen molar-refractivity contribution in [2.45, 2.75) is 58.9 Å². The summed E-state index contributed by atoms with van der Waals surface area (Å²) in [6.45, 7) is 7.10. The van der Waals surface area contributed by atoms with Crippen molar-refractivity contribution in [1.29, 1.82) is 0 Å². The van der Waals surface area contributed by atoms with Gasteiger partial charge < -0.3 is 11.1 Å². The molecule has 3 nitrogen and oxygen atoms in total. The summed E-state index contributed by atoms with van der Waals surface area (Å²) in [4.78, 5) is 11.4. The predicted octanol–water partition coefficient (Wildman–Crippen LogP) is 3.15. The van der Waals surface area contributed by atoms with Crippen LogP contribution < -0.4 is 5.32 Å². The van der Waals surface area contributed by atoms with Gasteiger partial charge in [0.15, 0.2) is 0 Å². The molecule has 3 heteroatoms. The second kappa shape index (κ2) is 5.67. The standard InChI is InChI=1S/C13H25N2O/c1-13(2,3)10-4-6-11(7-5-10)15-12(16)8-9-14/h10-11,14H,4-9H2,1-3H3,(H,15,16)/q-1. The van der Waals surface area contributed by atoms with E-state index in [1.54, 1.807) is 0 Å². The van der Waals surface area contributed by atoms with Crippen LogP contribution >= 0.6 is 0 Å². The Balaban J connectivity index is 2.30. The lowest BCUT2D eigenvalue weighted by atomic mass is 9.71. The van der Waals surface area contributed by atoms with Gasteiger partial charge in [-0.15, -0.1) is 6.54 Å². The van der Waals surface area contributed by atoms with E-state index in [9.17, 15) is 4.79 Å². The molecule has 0 spiro atoms. The summed E-state index contributed by atoms with van der Waals surface area (Å²) < 4.78 is 0. The van der Waals surface area contributed by atoms with Crippen molar-refractivity contribution >= 4 is 5.91 Å². The summed E-state index contributed by atoms with van der Waals surface area (Å²) in [6, 6.07) is 0.359. The molecule has 1 amide bonds. The van der Waals surface area contributed by atoms with E-state index in [0.717, 1.165) is 18.8 Å². The van der Waals surface area contributed by atoms with Crippen LogP contribution in [0, 0.1) is 11.3 Å². The molecule has 0 radical (unpaired) electrons. The van der Waals surface area contributed by atoms with E-state index in [-0.39, 0.29) is 12.5 Å². The van der Waals surface area contributed by atoms with E-state index >= 15 is 0 Å². The van der Waals surface area contributed by atoms with Gasteiger partial charge in [0.2, 0.25) is 5.91 Å². The van der Waals surface area contributed by atoms with Crippen LogP contribution in [0.4, 0.5) is 0 Å². The van der Waals surface area contributed by atoms with E-state index < -0.39 is 0 Å². The first kappa shape index (κ1) is 13.5. The summed E-state index contributed by atoms with van der Waals surface area (Å²) in [6.07, 6.45) is 4.99. The summed E-state index contributed by atoms with van der Waals surface area (Å²) in [5.74, 6) is 0.839. The molecule has 94 valence electrons. The smallest absolute Gasteiger partial charge is 0.218 e. The minimum absolute atomic E-state index is 0.0502. The van der Waals surface area contributed by atoms with Crippen molar-refractivity contribution in [3.05, 3.63) is 5.73 Å². The molecule has 0 aromatic carbocycles. The minimum atomic E-state index is 0.0502. The molecule has 0 aromatic rings. The van der Waals surface area contributed by atoms with E-state index in [2.05, 4.69) is 26.1 Å². The van der Waals surface area contributed by atoms with Crippen molar-refractivity contribution in [1.82, 2.24) is 5.32 Å². The first-order valence-corrected chi connectivity index (χ1v) is 6.37. The van der Waals surface area contributed by atoms with Gasteiger partial charge in [0, 0.05) is 12.5 Å². The Labute approximate surface area is 99.2 Å². The highest BCUT2D eigenvalue weighted by Gasteiger charge is 2.29. The van der Waals surface area contributed by atoms with Gasteiger partial charge in [0.1, 0.15) is 0 Å². The van der Waals surface area contributed by atoms with Crippen LogP contribution in [-0.4, -0.2) is 18.5 Å². The molecule has 0 unspecified atom stereocenters. The molecule has 1 saturated carbocycles. The Morgan fingerprint density at radius 3 is 2.25 bits per heavy atom. The normalized spacial score (nSPS) is 26.5.